The van der Waals surface area contributed by atoms with E-state index in [1.165, 1.54) is 0 Å². The lowest BCUT2D eigenvalue weighted by atomic mass is 10.1. The maximum atomic E-state index is 11.5. The Morgan fingerprint density at radius 2 is 1.00 bits per heavy atom. The Kier molecular flexibility index (Phi) is 7.64. The van der Waals surface area contributed by atoms with Gasteiger partial charge in [0.05, 0.1) is 12.8 Å². The number of ether oxygens (including phenoxy) is 2. The van der Waals surface area contributed by atoms with Crippen LogP contribution in [0, 0.1) is 11.8 Å². The Labute approximate surface area is 110 Å². The number of carbonyl (C=O) groups is 2. The quantitative estimate of drug-likeness (QED) is 0.659. The fraction of sp³-hybridized carbons (Fsp3) is 0.857. The molecule has 106 valence electrons. The van der Waals surface area contributed by atoms with Crippen molar-refractivity contribution in [3.63, 3.8) is 0 Å². The van der Waals surface area contributed by atoms with Crippen molar-refractivity contribution in [2.24, 2.45) is 11.8 Å². The number of hydrogen-bond donors (Lipinski definition) is 0. The van der Waals surface area contributed by atoms with E-state index in [1.807, 2.05) is 41.5 Å². The highest BCUT2D eigenvalue weighted by Gasteiger charge is 2.17. The molecule has 0 aromatic rings. The van der Waals surface area contributed by atoms with Crippen LogP contribution in [0.1, 0.15) is 54.4 Å². The number of carbonyl (C=O) groups excluding carboxylic acids is 2. The van der Waals surface area contributed by atoms with Gasteiger partial charge in [0.25, 0.3) is 0 Å². The Hall–Kier alpha value is -1.06. The van der Waals surface area contributed by atoms with Crippen LogP contribution in [0.5, 0.6) is 0 Å². The molecule has 0 aliphatic rings. The van der Waals surface area contributed by atoms with Gasteiger partial charge in [-0.25, -0.2) is 0 Å². The summed E-state index contributed by atoms with van der Waals surface area (Å²) in [6.45, 7) is 11.6. The van der Waals surface area contributed by atoms with Crippen LogP contribution < -0.4 is 0 Å². The van der Waals surface area contributed by atoms with E-state index in [1.54, 1.807) is 0 Å². The van der Waals surface area contributed by atoms with Crippen LogP contribution in [-0.2, 0) is 19.1 Å². The minimum absolute atomic E-state index is 0.0840. The summed E-state index contributed by atoms with van der Waals surface area (Å²) in [5, 5.41) is 0. The molecular weight excluding hydrogens is 232 g/mol. The normalized spacial score (nSPS) is 14.4. The van der Waals surface area contributed by atoms with Crippen molar-refractivity contribution in [1.82, 2.24) is 0 Å². The summed E-state index contributed by atoms with van der Waals surface area (Å²) >= 11 is 0. The third-order valence-electron chi connectivity index (χ3n) is 3.05. The van der Waals surface area contributed by atoms with Crippen LogP contribution in [0.3, 0.4) is 0 Å². The van der Waals surface area contributed by atoms with Crippen molar-refractivity contribution in [3.8, 4) is 0 Å². The van der Waals surface area contributed by atoms with Gasteiger partial charge in [0.2, 0.25) is 0 Å². The lowest BCUT2D eigenvalue weighted by molar-refractivity contribution is -0.157. The molecule has 0 aromatic heterocycles. The zero-order valence-corrected chi connectivity index (χ0v) is 12.4. The number of rotatable bonds is 7. The van der Waals surface area contributed by atoms with Gasteiger partial charge in [0.15, 0.2) is 0 Å². The molecule has 0 fully saturated rings. The van der Waals surface area contributed by atoms with Gasteiger partial charge in [-0.3, -0.25) is 9.59 Å². The predicted molar refractivity (Wildman–Crippen MR) is 70.0 cm³/mol. The van der Waals surface area contributed by atoms with Gasteiger partial charge in [-0.05, 0) is 25.7 Å². The second-order valence-corrected chi connectivity index (χ2v) is 5.38. The zero-order valence-electron chi connectivity index (χ0n) is 12.4. The van der Waals surface area contributed by atoms with E-state index in [-0.39, 0.29) is 48.8 Å². The zero-order chi connectivity index (χ0) is 14.3. The molecule has 0 saturated carbocycles. The highest BCUT2D eigenvalue weighted by molar-refractivity contribution is 5.77. The van der Waals surface area contributed by atoms with Gasteiger partial charge < -0.3 is 9.47 Å². The SMILES string of the molecule is CC(C)C(C)OC(=O)CCC(=O)OC(C)C(C)C. The molecule has 0 bridgehead atoms. The second kappa shape index (κ2) is 8.11. The van der Waals surface area contributed by atoms with Gasteiger partial charge >= 0.3 is 11.9 Å². The fourth-order valence-electron chi connectivity index (χ4n) is 1.01. The van der Waals surface area contributed by atoms with E-state index in [0.717, 1.165) is 0 Å². The first-order valence-corrected chi connectivity index (χ1v) is 6.63. The van der Waals surface area contributed by atoms with E-state index >= 15 is 0 Å². The minimum atomic E-state index is -0.342. The molecule has 0 saturated heterocycles. The molecule has 0 rings (SSSR count). The Bertz CT molecular complexity index is 243. The van der Waals surface area contributed by atoms with Crippen molar-refractivity contribution in [2.45, 2.75) is 66.6 Å². The first-order chi connectivity index (χ1) is 8.23. The average Bonchev–Trinajstić information content (AvgIpc) is 2.25. The fourth-order valence-corrected chi connectivity index (χ4v) is 1.01. The van der Waals surface area contributed by atoms with Crippen LogP contribution in [0.25, 0.3) is 0 Å². The summed E-state index contributed by atoms with van der Waals surface area (Å²) in [7, 11) is 0. The summed E-state index contributed by atoms with van der Waals surface area (Å²) in [5.74, 6) is -0.126. The summed E-state index contributed by atoms with van der Waals surface area (Å²) in [6, 6.07) is 0. The summed E-state index contributed by atoms with van der Waals surface area (Å²) in [4.78, 5) is 22.9. The Balaban J connectivity index is 3.89. The monoisotopic (exact) mass is 258 g/mol. The molecular formula is C14H26O4. The van der Waals surface area contributed by atoms with Crippen molar-refractivity contribution >= 4 is 11.9 Å². The molecule has 0 spiro atoms. The average molecular weight is 258 g/mol. The molecule has 2 unspecified atom stereocenters. The number of esters is 2. The Morgan fingerprint density at radius 3 is 1.22 bits per heavy atom. The van der Waals surface area contributed by atoms with Gasteiger partial charge in [-0.2, -0.15) is 0 Å². The molecule has 0 amide bonds. The van der Waals surface area contributed by atoms with Crippen LogP contribution in [-0.4, -0.2) is 24.1 Å². The van der Waals surface area contributed by atoms with Crippen molar-refractivity contribution in [3.05, 3.63) is 0 Å². The smallest absolute Gasteiger partial charge is 0.306 e. The highest BCUT2D eigenvalue weighted by Crippen LogP contribution is 2.10. The van der Waals surface area contributed by atoms with Crippen molar-refractivity contribution in [2.75, 3.05) is 0 Å². The van der Waals surface area contributed by atoms with E-state index < -0.39 is 0 Å². The maximum Gasteiger partial charge on any atom is 0.306 e. The maximum absolute atomic E-state index is 11.5. The summed E-state index contributed by atoms with van der Waals surface area (Å²) < 4.78 is 10.3. The van der Waals surface area contributed by atoms with E-state index in [4.69, 9.17) is 9.47 Å². The van der Waals surface area contributed by atoms with Crippen molar-refractivity contribution < 1.29 is 19.1 Å². The second-order valence-electron chi connectivity index (χ2n) is 5.38. The molecule has 0 N–H and O–H groups in total. The van der Waals surface area contributed by atoms with Crippen molar-refractivity contribution in [1.29, 1.82) is 0 Å². The van der Waals surface area contributed by atoms with E-state index in [9.17, 15) is 9.59 Å². The molecule has 0 aliphatic heterocycles. The van der Waals surface area contributed by atoms with Gasteiger partial charge in [-0.1, -0.05) is 27.7 Å². The van der Waals surface area contributed by atoms with Gasteiger partial charge in [0, 0.05) is 0 Å². The molecule has 18 heavy (non-hydrogen) atoms. The van der Waals surface area contributed by atoms with Crippen LogP contribution in [0.2, 0.25) is 0 Å². The van der Waals surface area contributed by atoms with E-state index in [2.05, 4.69) is 0 Å². The first-order valence-electron chi connectivity index (χ1n) is 6.63. The van der Waals surface area contributed by atoms with Gasteiger partial charge in [-0.15, -0.1) is 0 Å². The lowest BCUT2D eigenvalue weighted by Crippen LogP contribution is -2.23. The molecule has 2 atom stereocenters. The highest BCUT2D eigenvalue weighted by atomic mass is 16.5. The molecule has 0 radical (unpaired) electrons. The summed E-state index contributed by atoms with van der Waals surface area (Å²) in [5.41, 5.74) is 0. The minimum Gasteiger partial charge on any atom is -0.462 e. The summed E-state index contributed by atoms with van der Waals surface area (Å²) in [6.07, 6.45) is -0.0762. The van der Waals surface area contributed by atoms with Crippen LogP contribution in [0.4, 0.5) is 0 Å². The third-order valence-corrected chi connectivity index (χ3v) is 3.05. The topological polar surface area (TPSA) is 52.6 Å². The molecule has 0 aliphatic carbocycles. The third kappa shape index (κ3) is 7.30. The van der Waals surface area contributed by atoms with Gasteiger partial charge in [0.1, 0.15) is 12.2 Å². The standard InChI is InChI=1S/C14H26O4/c1-9(2)11(5)17-13(15)7-8-14(16)18-12(6)10(3)4/h9-12H,7-8H2,1-6H3. The van der Waals surface area contributed by atoms with Crippen LogP contribution in [0.15, 0.2) is 0 Å². The lowest BCUT2D eigenvalue weighted by Gasteiger charge is -2.18. The Morgan fingerprint density at radius 1 is 0.722 bits per heavy atom. The number of hydrogen-bond acceptors (Lipinski definition) is 4. The predicted octanol–water partition coefficient (Wildman–Crippen LogP) is 2.94. The molecule has 4 nitrogen and oxygen atoms in total. The van der Waals surface area contributed by atoms with E-state index in [0.29, 0.717) is 0 Å². The molecule has 0 aromatic carbocycles. The first kappa shape index (κ1) is 16.9. The largest absolute Gasteiger partial charge is 0.462 e. The van der Waals surface area contributed by atoms with Crippen LogP contribution >= 0.6 is 0 Å². The molecule has 0 heterocycles. The molecule has 4 heteroatoms.